The summed E-state index contributed by atoms with van der Waals surface area (Å²) in [7, 11) is 0. The highest BCUT2D eigenvalue weighted by molar-refractivity contribution is 5.76. The first-order valence-electron chi connectivity index (χ1n) is 8.63. The van der Waals surface area contributed by atoms with Crippen LogP contribution in [0.2, 0.25) is 0 Å². The summed E-state index contributed by atoms with van der Waals surface area (Å²) in [6.07, 6.45) is 5.52. The van der Waals surface area contributed by atoms with Gasteiger partial charge in [0.25, 0.3) is 0 Å². The molecule has 0 aliphatic carbocycles. The fourth-order valence-electron chi connectivity index (χ4n) is 3.20. The minimum atomic E-state index is 0.122. The Balaban J connectivity index is 1.48. The summed E-state index contributed by atoms with van der Waals surface area (Å²) in [6, 6.07) is 10.2. The van der Waals surface area contributed by atoms with Crippen molar-refractivity contribution in [1.29, 1.82) is 0 Å². The minimum Gasteiger partial charge on any atom is -0.372 e. The summed E-state index contributed by atoms with van der Waals surface area (Å²) >= 11 is 0. The maximum atomic E-state index is 12.3. The highest BCUT2D eigenvalue weighted by Gasteiger charge is 2.25. The topological polar surface area (TPSA) is 47.4 Å². The van der Waals surface area contributed by atoms with Gasteiger partial charge in [-0.25, -0.2) is 0 Å². The Morgan fingerprint density at radius 1 is 1.17 bits per heavy atom. The lowest BCUT2D eigenvalue weighted by Crippen LogP contribution is -2.48. The molecular formula is C19H25N3O2. The van der Waals surface area contributed by atoms with Crippen molar-refractivity contribution in [2.45, 2.75) is 45.4 Å². The number of aromatic nitrogens is 2. The van der Waals surface area contributed by atoms with Crippen molar-refractivity contribution >= 4 is 5.91 Å². The Bertz CT molecular complexity index is 658. The van der Waals surface area contributed by atoms with Gasteiger partial charge >= 0.3 is 0 Å². The van der Waals surface area contributed by atoms with Crippen LogP contribution in [0.25, 0.3) is 11.1 Å². The quantitative estimate of drug-likeness (QED) is 0.848. The molecule has 0 unspecified atom stereocenters. The molecule has 128 valence electrons. The van der Waals surface area contributed by atoms with Crippen LogP contribution in [0, 0.1) is 0 Å². The maximum Gasteiger partial charge on any atom is 0.222 e. The number of hydrogen-bond acceptors (Lipinski definition) is 3. The van der Waals surface area contributed by atoms with E-state index in [4.69, 9.17) is 4.74 Å². The zero-order chi connectivity index (χ0) is 16.9. The van der Waals surface area contributed by atoms with Crippen molar-refractivity contribution in [1.82, 2.24) is 14.7 Å². The Labute approximate surface area is 143 Å². The van der Waals surface area contributed by atoms with Crippen molar-refractivity contribution in [3.05, 3.63) is 42.7 Å². The molecule has 2 aromatic rings. The van der Waals surface area contributed by atoms with Crippen LogP contribution < -0.4 is 0 Å². The van der Waals surface area contributed by atoms with Crippen LogP contribution in [0.15, 0.2) is 42.7 Å². The van der Waals surface area contributed by atoms with E-state index in [9.17, 15) is 4.79 Å². The smallest absolute Gasteiger partial charge is 0.222 e. The minimum absolute atomic E-state index is 0.122. The Morgan fingerprint density at radius 3 is 2.58 bits per heavy atom. The molecule has 0 saturated carbocycles. The highest BCUT2D eigenvalue weighted by atomic mass is 16.5. The summed E-state index contributed by atoms with van der Waals surface area (Å²) in [5.74, 6) is 0.215. The number of morpholine rings is 1. The van der Waals surface area contributed by atoms with E-state index in [0.29, 0.717) is 19.5 Å². The third-order valence-electron chi connectivity index (χ3n) is 4.29. The van der Waals surface area contributed by atoms with Crippen molar-refractivity contribution < 1.29 is 9.53 Å². The average Bonchev–Trinajstić information content (AvgIpc) is 3.03. The summed E-state index contributed by atoms with van der Waals surface area (Å²) in [5.41, 5.74) is 2.27. The molecule has 1 fully saturated rings. The molecule has 0 spiro atoms. The number of carbonyl (C=O) groups is 1. The molecule has 2 heterocycles. The number of nitrogens with zero attached hydrogens (tertiary/aromatic N) is 3. The van der Waals surface area contributed by atoms with Crippen molar-refractivity contribution in [2.75, 3.05) is 13.1 Å². The molecule has 1 aromatic carbocycles. The molecule has 1 amide bonds. The van der Waals surface area contributed by atoms with Crippen molar-refractivity contribution in [3.63, 3.8) is 0 Å². The third-order valence-corrected chi connectivity index (χ3v) is 4.29. The first-order valence-corrected chi connectivity index (χ1v) is 8.63. The van der Waals surface area contributed by atoms with Crippen molar-refractivity contribution in [2.24, 2.45) is 0 Å². The lowest BCUT2D eigenvalue weighted by Gasteiger charge is -2.35. The fraction of sp³-hybridized carbons (Fsp3) is 0.474. The van der Waals surface area contributed by atoms with E-state index in [0.717, 1.165) is 24.1 Å². The number of amides is 1. The Morgan fingerprint density at radius 2 is 1.88 bits per heavy atom. The third kappa shape index (κ3) is 4.23. The van der Waals surface area contributed by atoms with Crippen LogP contribution >= 0.6 is 0 Å². The summed E-state index contributed by atoms with van der Waals surface area (Å²) in [4.78, 5) is 14.3. The van der Waals surface area contributed by atoms with Crippen molar-refractivity contribution in [3.8, 4) is 11.1 Å². The predicted molar refractivity (Wildman–Crippen MR) is 93.5 cm³/mol. The molecular weight excluding hydrogens is 302 g/mol. The summed E-state index contributed by atoms with van der Waals surface area (Å²) < 4.78 is 7.59. The highest BCUT2D eigenvalue weighted by Crippen LogP contribution is 2.18. The Kier molecular flexibility index (Phi) is 5.30. The molecule has 1 aromatic heterocycles. The molecule has 5 nitrogen and oxygen atoms in total. The van der Waals surface area contributed by atoms with Gasteiger partial charge in [0, 0.05) is 37.8 Å². The summed E-state index contributed by atoms with van der Waals surface area (Å²) in [6.45, 7) is 6.19. The van der Waals surface area contributed by atoms with Gasteiger partial charge in [-0.15, -0.1) is 0 Å². The summed E-state index contributed by atoms with van der Waals surface area (Å²) in [5, 5.41) is 4.40. The van der Waals surface area contributed by atoms with E-state index in [1.54, 1.807) is 0 Å². The second-order valence-electron chi connectivity index (χ2n) is 6.52. The van der Waals surface area contributed by atoms with Gasteiger partial charge in [-0.2, -0.15) is 5.10 Å². The van der Waals surface area contributed by atoms with Gasteiger partial charge in [-0.05, 0) is 25.8 Å². The van der Waals surface area contributed by atoms with Gasteiger partial charge in [0.1, 0.15) is 0 Å². The predicted octanol–water partition coefficient (Wildman–Crippen LogP) is 2.97. The zero-order valence-corrected chi connectivity index (χ0v) is 14.4. The maximum absolute atomic E-state index is 12.3. The van der Waals surface area contributed by atoms with E-state index in [-0.39, 0.29) is 18.1 Å². The van der Waals surface area contributed by atoms with Crippen LogP contribution in [-0.4, -0.2) is 45.9 Å². The van der Waals surface area contributed by atoms with Crippen LogP contribution in [0.1, 0.15) is 26.7 Å². The van der Waals surface area contributed by atoms with E-state index in [1.165, 1.54) is 0 Å². The van der Waals surface area contributed by atoms with Gasteiger partial charge in [0.15, 0.2) is 0 Å². The molecule has 1 aliphatic rings. The molecule has 1 saturated heterocycles. The molecule has 0 radical (unpaired) electrons. The largest absolute Gasteiger partial charge is 0.372 e. The SMILES string of the molecule is C[C@@H]1CN(C(=O)CCCn2cc(-c3ccccc3)cn2)C[C@@H](C)O1. The van der Waals surface area contributed by atoms with Gasteiger partial charge in [0.2, 0.25) is 5.91 Å². The number of rotatable bonds is 5. The lowest BCUT2D eigenvalue weighted by molar-refractivity contribution is -0.143. The molecule has 3 rings (SSSR count). The number of carbonyl (C=O) groups excluding carboxylic acids is 1. The molecule has 0 N–H and O–H groups in total. The molecule has 24 heavy (non-hydrogen) atoms. The normalized spacial score (nSPS) is 21.0. The van der Waals surface area contributed by atoms with Gasteiger partial charge in [-0.3, -0.25) is 9.48 Å². The van der Waals surface area contributed by atoms with E-state index < -0.39 is 0 Å². The number of ether oxygens (including phenoxy) is 1. The van der Waals surface area contributed by atoms with Crippen LogP contribution in [-0.2, 0) is 16.1 Å². The van der Waals surface area contributed by atoms with Crippen LogP contribution in [0.5, 0.6) is 0 Å². The van der Waals surface area contributed by atoms with Gasteiger partial charge in [-0.1, -0.05) is 30.3 Å². The zero-order valence-electron chi connectivity index (χ0n) is 14.4. The van der Waals surface area contributed by atoms with E-state index in [1.807, 2.05) is 54.0 Å². The second kappa shape index (κ2) is 7.62. The second-order valence-corrected chi connectivity index (χ2v) is 6.52. The fourth-order valence-corrected chi connectivity index (χ4v) is 3.20. The molecule has 1 aliphatic heterocycles. The first-order chi connectivity index (χ1) is 11.6. The lowest BCUT2D eigenvalue weighted by atomic mass is 10.1. The first kappa shape index (κ1) is 16.7. The van der Waals surface area contributed by atoms with Crippen LogP contribution in [0.3, 0.4) is 0 Å². The Hall–Kier alpha value is -2.14. The monoisotopic (exact) mass is 327 g/mol. The molecule has 5 heteroatoms. The van der Waals surface area contributed by atoms with E-state index in [2.05, 4.69) is 17.2 Å². The molecule has 0 bridgehead atoms. The van der Waals surface area contributed by atoms with Gasteiger partial charge < -0.3 is 9.64 Å². The number of benzene rings is 1. The number of hydrogen-bond donors (Lipinski definition) is 0. The average molecular weight is 327 g/mol. The standard InChI is InChI=1S/C19H25N3O2/c1-15-12-21(13-16(2)24-15)19(23)9-6-10-22-14-18(11-20-22)17-7-4-3-5-8-17/h3-5,7-8,11,14-16H,6,9-10,12-13H2,1-2H3/t15-,16-/m1/s1. The van der Waals surface area contributed by atoms with Crippen LogP contribution in [0.4, 0.5) is 0 Å². The van der Waals surface area contributed by atoms with E-state index >= 15 is 0 Å². The van der Waals surface area contributed by atoms with Gasteiger partial charge in [0.05, 0.1) is 18.4 Å². The number of aryl methyl sites for hydroxylation is 1. The molecule has 2 atom stereocenters.